The van der Waals surface area contributed by atoms with E-state index in [1.54, 1.807) is 0 Å². The van der Waals surface area contributed by atoms with Gasteiger partial charge in [0, 0.05) is 11.1 Å². The van der Waals surface area contributed by atoms with Gasteiger partial charge in [0.15, 0.2) is 0 Å². The van der Waals surface area contributed by atoms with Gasteiger partial charge in [-0.2, -0.15) is 0 Å². The number of allylic oxidation sites excluding steroid dienone is 1. The molecule has 1 N–H and O–H groups in total. The molecule has 0 bridgehead atoms. The number of anilines is 1. The molecular weight excluding hydrogens is 182 g/mol. The number of rotatable bonds is 0. The predicted octanol–water partition coefficient (Wildman–Crippen LogP) is 3.02. The van der Waals surface area contributed by atoms with Gasteiger partial charge < -0.3 is 5.32 Å². The highest BCUT2D eigenvalue weighted by molar-refractivity contribution is 6.01. The largest absolute Gasteiger partial charge is 0.374 e. The molecule has 15 heavy (non-hydrogen) atoms. The Balaban J connectivity index is 2.23. The molecule has 0 amide bonds. The fourth-order valence-electron chi connectivity index (χ4n) is 2.65. The molecule has 1 atom stereocenters. The van der Waals surface area contributed by atoms with Gasteiger partial charge in [0.05, 0.1) is 6.04 Å². The maximum atomic E-state index is 3.51. The van der Waals surface area contributed by atoms with Crippen LogP contribution in [0.25, 0.3) is 10.8 Å². The van der Waals surface area contributed by atoms with Crippen molar-refractivity contribution in [3.05, 3.63) is 53.6 Å². The number of benzene rings is 2. The molecule has 0 spiro atoms. The van der Waals surface area contributed by atoms with Crippen molar-refractivity contribution < 1.29 is 0 Å². The molecule has 70 valence electrons. The first-order valence-electron chi connectivity index (χ1n) is 5.23. The van der Waals surface area contributed by atoms with Gasteiger partial charge in [0.25, 0.3) is 0 Å². The Hall–Kier alpha value is -1.76. The number of hydrogen-bond acceptors (Lipinski definition) is 1. The van der Waals surface area contributed by atoms with E-state index in [2.05, 4.69) is 41.7 Å². The molecule has 0 saturated heterocycles. The normalized spacial score (nSPS) is 20.7. The average molecular weight is 191 g/mol. The molecule has 1 nitrogen and oxygen atoms in total. The van der Waals surface area contributed by atoms with Crippen molar-refractivity contribution >= 4 is 16.5 Å². The minimum absolute atomic E-state index is 0.336. The van der Waals surface area contributed by atoms with Gasteiger partial charge in [0.1, 0.15) is 0 Å². The molecular formula is C14H9N. The summed E-state index contributed by atoms with van der Waals surface area (Å²) in [4.78, 5) is 0. The SMILES string of the molecule is [C]1=CC2Nc3cc[c]c4ccc(c2c34)C1. The molecule has 2 aliphatic rings. The average Bonchev–Trinajstić information content (AvgIpc) is 2.66. The zero-order chi connectivity index (χ0) is 9.83. The van der Waals surface area contributed by atoms with Crippen molar-refractivity contribution in [1.29, 1.82) is 0 Å². The lowest BCUT2D eigenvalue weighted by molar-refractivity contribution is 0.947. The molecule has 1 aliphatic heterocycles. The summed E-state index contributed by atoms with van der Waals surface area (Å²) in [5.74, 6) is 0. The predicted molar refractivity (Wildman–Crippen MR) is 60.7 cm³/mol. The molecule has 2 radical (unpaired) electrons. The van der Waals surface area contributed by atoms with Crippen molar-refractivity contribution in [3.63, 3.8) is 0 Å². The van der Waals surface area contributed by atoms with Gasteiger partial charge in [-0.3, -0.25) is 0 Å². The summed E-state index contributed by atoms with van der Waals surface area (Å²) in [5.41, 5.74) is 4.09. The van der Waals surface area contributed by atoms with Crippen LogP contribution in [0.2, 0.25) is 0 Å². The van der Waals surface area contributed by atoms with E-state index in [4.69, 9.17) is 0 Å². The van der Waals surface area contributed by atoms with E-state index in [0.717, 1.165) is 6.42 Å². The summed E-state index contributed by atoms with van der Waals surface area (Å²) in [6, 6.07) is 12.1. The van der Waals surface area contributed by atoms with Crippen molar-refractivity contribution in [2.45, 2.75) is 12.5 Å². The van der Waals surface area contributed by atoms with Crippen LogP contribution < -0.4 is 5.32 Å². The molecule has 2 aromatic rings. The van der Waals surface area contributed by atoms with Gasteiger partial charge in [-0.05, 0) is 41.1 Å². The van der Waals surface area contributed by atoms with Gasteiger partial charge in [0.2, 0.25) is 0 Å². The van der Waals surface area contributed by atoms with Gasteiger partial charge >= 0.3 is 0 Å². The quantitative estimate of drug-likeness (QED) is 0.675. The molecule has 0 aromatic heterocycles. The van der Waals surface area contributed by atoms with Crippen molar-refractivity contribution in [2.24, 2.45) is 0 Å². The zero-order valence-electron chi connectivity index (χ0n) is 8.17. The van der Waals surface area contributed by atoms with E-state index in [1.165, 1.54) is 27.6 Å². The van der Waals surface area contributed by atoms with Gasteiger partial charge in [-0.25, -0.2) is 0 Å². The Kier molecular flexibility index (Phi) is 1.22. The van der Waals surface area contributed by atoms with Crippen LogP contribution in [-0.4, -0.2) is 0 Å². The molecule has 1 aliphatic carbocycles. The molecule has 4 rings (SSSR count). The van der Waals surface area contributed by atoms with Gasteiger partial charge in [-0.1, -0.05) is 24.3 Å². The molecule has 1 unspecified atom stereocenters. The number of hydrogen-bond donors (Lipinski definition) is 1. The van der Waals surface area contributed by atoms with Crippen LogP contribution in [0.1, 0.15) is 17.2 Å². The zero-order valence-corrected chi connectivity index (χ0v) is 8.17. The molecule has 2 aromatic carbocycles. The van der Waals surface area contributed by atoms with E-state index in [-0.39, 0.29) is 0 Å². The molecule has 1 heteroatoms. The third-order valence-corrected chi connectivity index (χ3v) is 3.29. The summed E-state index contributed by atoms with van der Waals surface area (Å²) in [7, 11) is 0. The standard InChI is InChI=1S/C14H9N/c1-3-9-7-8-10-4-2-6-12-14(10)13(9)11(5-1)15-12/h1,5-8,12,15H,4H2. The van der Waals surface area contributed by atoms with E-state index in [1.807, 2.05) is 6.07 Å². The van der Waals surface area contributed by atoms with Crippen LogP contribution in [-0.2, 0) is 6.42 Å². The summed E-state index contributed by atoms with van der Waals surface area (Å²) in [6.07, 6.45) is 6.40. The Morgan fingerprint density at radius 2 is 2.27 bits per heavy atom. The highest BCUT2D eigenvalue weighted by atomic mass is 14.9. The third-order valence-electron chi connectivity index (χ3n) is 3.29. The summed E-state index contributed by atoms with van der Waals surface area (Å²) >= 11 is 0. The first kappa shape index (κ1) is 7.52. The maximum Gasteiger partial charge on any atom is 0.0713 e. The fraction of sp³-hybridized carbons (Fsp3) is 0.143. The number of nitrogens with one attached hydrogen (secondary N) is 1. The Morgan fingerprint density at radius 1 is 1.27 bits per heavy atom. The summed E-state index contributed by atoms with van der Waals surface area (Å²) < 4.78 is 0. The third kappa shape index (κ3) is 0.834. The highest BCUT2D eigenvalue weighted by Gasteiger charge is 2.26. The lowest BCUT2D eigenvalue weighted by atomic mass is 9.91. The summed E-state index contributed by atoms with van der Waals surface area (Å²) in [5, 5.41) is 6.09. The molecule has 1 heterocycles. The lowest BCUT2D eigenvalue weighted by Crippen LogP contribution is -2.07. The summed E-state index contributed by atoms with van der Waals surface area (Å²) in [6.45, 7) is 0. The van der Waals surface area contributed by atoms with Crippen LogP contribution in [0.15, 0.2) is 30.3 Å². The minimum atomic E-state index is 0.336. The van der Waals surface area contributed by atoms with E-state index < -0.39 is 0 Å². The first-order valence-corrected chi connectivity index (χ1v) is 5.23. The minimum Gasteiger partial charge on any atom is -0.374 e. The Morgan fingerprint density at radius 3 is 3.27 bits per heavy atom. The smallest absolute Gasteiger partial charge is 0.0713 e. The van der Waals surface area contributed by atoms with E-state index >= 15 is 0 Å². The van der Waals surface area contributed by atoms with Crippen LogP contribution in [0, 0.1) is 12.1 Å². The van der Waals surface area contributed by atoms with Crippen LogP contribution in [0.4, 0.5) is 5.69 Å². The second kappa shape index (κ2) is 2.43. The van der Waals surface area contributed by atoms with Crippen molar-refractivity contribution in [2.75, 3.05) is 5.32 Å². The van der Waals surface area contributed by atoms with Crippen LogP contribution in [0.3, 0.4) is 0 Å². The first-order chi connectivity index (χ1) is 7.43. The van der Waals surface area contributed by atoms with Gasteiger partial charge in [-0.15, -0.1) is 0 Å². The monoisotopic (exact) mass is 191 g/mol. The molecule has 0 fully saturated rings. The Bertz CT molecular complexity index is 596. The topological polar surface area (TPSA) is 12.0 Å². The van der Waals surface area contributed by atoms with E-state index in [0.29, 0.717) is 6.04 Å². The van der Waals surface area contributed by atoms with E-state index in [9.17, 15) is 0 Å². The van der Waals surface area contributed by atoms with Crippen molar-refractivity contribution in [1.82, 2.24) is 0 Å². The van der Waals surface area contributed by atoms with Crippen LogP contribution >= 0.6 is 0 Å². The fourth-order valence-corrected chi connectivity index (χ4v) is 2.65. The second-order valence-electron chi connectivity index (χ2n) is 4.12. The lowest BCUT2D eigenvalue weighted by Gasteiger charge is -2.15. The maximum absolute atomic E-state index is 3.51. The Labute approximate surface area is 88.4 Å². The molecule has 0 saturated carbocycles. The second-order valence-corrected chi connectivity index (χ2v) is 4.12. The highest BCUT2D eigenvalue weighted by Crippen LogP contribution is 2.43. The van der Waals surface area contributed by atoms with Crippen LogP contribution in [0.5, 0.6) is 0 Å². The van der Waals surface area contributed by atoms with Crippen molar-refractivity contribution in [3.8, 4) is 0 Å².